The number of pyridine rings is 1. The maximum atomic E-state index is 12.6. The molecular weight excluding hydrogens is 290 g/mol. The second-order valence-electron chi connectivity index (χ2n) is 5.90. The smallest absolute Gasteiger partial charge is 0.255 e. The summed E-state index contributed by atoms with van der Waals surface area (Å²) >= 11 is 0. The molecule has 1 amide bonds. The Morgan fingerprint density at radius 1 is 1.04 bits per heavy atom. The standard InChI is InChI=1S/C17H21N5O/c1-13-8-15(11-18-10-13)17(23)22-5-3-4-21(6-7-22)16-9-14(2)19-12-20-16/h8-12H,3-7H2,1-2H3. The van der Waals surface area contributed by atoms with Gasteiger partial charge in [-0.15, -0.1) is 0 Å². The molecule has 2 aromatic rings. The summed E-state index contributed by atoms with van der Waals surface area (Å²) in [6.45, 7) is 7.03. The van der Waals surface area contributed by atoms with Crippen LogP contribution in [0, 0.1) is 13.8 Å². The monoisotopic (exact) mass is 311 g/mol. The van der Waals surface area contributed by atoms with Gasteiger partial charge in [-0.25, -0.2) is 9.97 Å². The highest BCUT2D eigenvalue weighted by molar-refractivity contribution is 5.94. The van der Waals surface area contributed by atoms with Crippen LogP contribution in [0.3, 0.4) is 0 Å². The first-order chi connectivity index (χ1) is 11.1. The highest BCUT2D eigenvalue weighted by atomic mass is 16.2. The third-order valence-corrected chi connectivity index (χ3v) is 4.02. The number of rotatable bonds is 2. The van der Waals surface area contributed by atoms with Crippen LogP contribution in [0.1, 0.15) is 28.0 Å². The van der Waals surface area contributed by atoms with Gasteiger partial charge < -0.3 is 9.80 Å². The maximum absolute atomic E-state index is 12.6. The highest BCUT2D eigenvalue weighted by Gasteiger charge is 2.21. The fraction of sp³-hybridized carbons (Fsp3) is 0.412. The van der Waals surface area contributed by atoms with Crippen molar-refractivity contribution in [3.05, 3.63) is 47.7 Å². The first-order valence-electron chi connectivity index (χ1n) is 7.88. The molecule has 0 atom stereocenters. The van der Waals surface area contributed by atoms with Crippen molar-refractivity contribution in [1.82, 2.24) is 19.9 Å². The molecule has 2 aromatic heterocycles. The normalized spacial score (nSPS) is 15.4. The van der Waals surface area contributed by atoms with Gasteiger partial charge in [0.25, 0.3) is 5.91 Å². The molecule has 6 heteroatoms. The average molecular weight is 311 g/mol. The van der Waals surface area contributed by atoms with Crippen LogP contribution in [-0.4, -0.2) is 51.9 Å². The minimum absolute atomic E-state index is 0.0573. The van der Waals surface area contributed by atoms with Crippen LogP contribution in [0.15, 0.2) is 30.9 Å². The SMILES string of the molecule is Cc1cncc(C(=O)N2CCCN(c3cc(C)ncn3)CC2)c1. The van der Waals surface area contributed by atoms with Gasteiger partial charge >= 0.3 is 0 Å². The van der Waals surface area contributed by atoms with Crippen LogP contribution in [0.4, 0.5) is 5.82 Å². The molecule has 0 bridgehead atoms. The molecule has 1 fully saturated rings. The van der Waals surface area contributed by atoms with Crippen LogP contribution >= 0.6 is 0 Å². The number of anilines is 1. The van der Waals surface area contributed by atoms with Crippen molar-refractivity contribution in [2.24, 2.45) is 0 Å². The van der Waals surface area contributed by atoms with Crippen LogP contribution in [0.2, 0.25) is 0 Å². The first kappa shape index (κ1) is 15.4. The second kappa shape index (κ2) is 6.73. The van der Waals surface area contributed by atoms with Crippen molar-refractivity contribution < 1.29 is 4.79 Å². The van der Waals surface area contributed by atoms with Gasteiger partial charge in [0.1, 0.15) is 12.1 Å². The molecule has 6 nitrogen and oxygen atoms in total. The molecule has 3 rings (SSSR count). The van der Waals surface area contributed by atoms with Gasteiger partial charge in [0.15, 0.2) is 0 Å². The molecule has 0 N–H and O–H groups in total. The molecule has 120 valence electrons. The lowest BCUT2D eigenvalue weighted by molar-refractivity contribution is 0.0766. The summed E-state index contributed by atoms with van der Waals surface area (Å²) in [4.78, 5) is 29.4. The summed E-state index contributed by atoms with van der Waals surface area (Å²) in [6.07, 6.45) is 5.93. The van der Waals surface area contributed by atoms with Crippen molar-refractivity contribution in [3.63, 3.8) is 0 Å². The van der Waals surface area contributed by atoms with E-state index in [4.69, 9.17) is 0 Å². The Labute approximate surface area is 136 Å². The number of hydrogen-bond acceptors (Lipinski definition) is 5. The van der Waals surface area contributed by atoms with E-state index in [2.05, 4.69) is 19.9 Å². The minimum Gasteiger partial charge on any atom is -0.355 e. The number of hydrogen-bond donors (Lipinski definition) is 0. The molecule has 3 heterocycles. The van der Waals surface area contributed by atoms with E-state index in [-0.39, 0.29) is 5.91 Å². The molecular formula is C17H21N5O. The molecule has 1 saturated heterocycles. The summed E-state index contributed by atoms with van der Waals surface area (Å²) < 4.78 is 0. The Morgan fingerprint density at radius 2 is 1.91 bits per heavy atom. The average Bonchev–Trinajstić information content (AvgIpc) is 2.80. The van der Waals surface area contributed by atoms with Gasteiger partial charge in [-0.3, -0.25) is 9.78 Å². The molecule has 0 radical (unpaired) electrons. The van der Waals surface area contributed by atoms with Crippen molar-refractivity contribution in [2.45, 2.75) is 20.3 Å². The van der Waals surface area contributed by atoms with Gasteiger partial charge in [0, 0.05) is 50.3 Å². The Bertz CT molecular complexity index is 703. The van der Waals surface area contributed by atoms with Crippen molar-refractivity contribution in [3.8, 4) is 0 Å². The predicted octanol–water partition coefficient (Wildman–Crippen LogP) is 1.84. The molecule has 1 aliphatic heterocycles. The Balaban J connectivity index is 1.70. The van der Waals surface area contributed by atoms with Gasteiger partial charge in [-0.2, -0.15) is 0 Å². The van der Waals surface area contributed by atoms with Crippen molar-refractivity contribution >= 4 is 11.7 Å². The zero-order valence-corrected chi connectivity index (χ0v) is 13.6. The summed E-state index contributed by atoms with van der Waals surface area (Å²) in [7, 11) is 0. The van der Waals surface area contributed by atoms with Gasteiger partial charge in [0.05, 0.1) is 5.56 Å². The molecule has 23 heavy (non-hydrogen) atoms. The molecule has 0 saturated carbocycles. The molecule has 1 aliphatic rings. The van der Waals surface area contributed by atoms with Crippen molar-refractivity contribution in [1.29, 1.82) is 0 Å². The third kappa shape index (κ3) is 3.64. The summed E-state index contributed by atoms with van der Waals surface area (Å²) in [5, 5.41) is 0. The zero-order chi connectivity index (χ0) is 16.2. The second-order valence-corrected chi connectivity index (χ2v) is 5.90. The van der Waals surface area contributed by atoms with E-state index in [0.717, 1.165) is 43.1 Å². The summed E-state index contributed by atoms with van der Waals surface area (Å²) in [5.74, 6) is 0.992. The van der Waals surface area contributed by atoms with E-state index in [1.165, 1.54) is 0 Å². The van der Waals surface area contributed by atoms with E-state index < -0.39 is 0 Å². The number of carbonyl (C=O) groups excluding carboxylic acids is 1. The Morgan fingerprint density at radius 3 is 2.70 bits per heavy atom. The topological polar surface area (TPSA) is 62.2 Å². The number of amides is 1. The fourth-order valence-electron chi connectivity index (χ4n) is 2.82. The van der Waals surface area contributed by atoms with E-state index >= 15 is 0 Å². The first-order valence-corrected chi connectivity index (χ1v) is 7.88. The lowest BCUT2D eigenvalue weighted by Gasteiger charge is -2.23. The molecule has 0 spiro atoms. The largest absolute Gasteiger partial charge is 0.355 e. The molecule has 0 aliphatic carbocycles. The van der Waals surface area contributed by atoms with Crippen molar-refractivity contribution in [2.75, 3.05) is 31.1 Å². The van der Waals surface area contributed by atoms with E-state index in [9.17, 15) is 4.79 Å². The van der Waals surface area contributed by atoms with Gasteiger partial charge in [-0.1, -0.05) is 0 Å². The number of nitrogens with zero attached hydrogens (tertiary/aromatic N) is 5. The quantitative estimate of drug-likeness (QED) is 0.847. The summed E-state index contributed by atoms with van der Waals surface area (Å²) in [6, 6.07) is 3.88. The van der Waals surface area contributed by atoms with Crippen LogP contribution in [0.5, 0.6) is 0 Å². The summed E-state index contributed by atoms with van der Waals surface area (Å²) in [5.41, 5.74) is 2.62. The number of carbonyl (C=O) groups is 1. The lowest BCUT2D eigenvalue weighted by Crippen LogP contribution is -2.35. The fourth-order valence-corrected chi connectivity index (χ4v) is 2.82. The minimum atomic E-state index is 0.0573. The lowest BCUT2D eigenvalue weighted by atomic mass is 10.2. The van der Waals surface area contributed by atoms with Gasteiger partial charge in [0.2, 0.25) is 0 Å². The van der Waals surface area contributed by atoms with Crippen LogP contribution in [-0.2, 0) is 0 Å². The van der Waals surface area contributed by atoms with Gasteiger partial charge in [-0.05, 0) is 31.9 Å². The number of aromatic nitrogens is 3. The zero-order valence-electron chi connectivity index (χ0n) is 13.6. The third-order valence-electron chi connectivity index (χ3n) is 4.02. The van der Waals surface area contributed by atoms with E-state index in [0.29, 0.717) is 12.1 Å². The van der Waals surface area contributed by atoms with Crippen LogP contribution < -0.4 is 4.90 Å². The highest BCUT2D eigenvalue weighted by Crippen LogP contribution is 2.15. The maximum Gasteiger partial charge on any atom is 0.255 e. The van der Waals surface area contributed by atoms with E-state index in [1.54, 1.807) is 18.7 Å². The molecule has 0 unspecified atom stereocenters. The molecule has 0 aromatic carbocycles. The Hall–Kier alpha value is -2.50. The van der Waals surface area contributed by atoms with E-state index in [1.807, 2.05) is 30.9 Å². The van der Waals surface area contributed by atoms with Crippen LogP contribution in [0.25, 0.3) is 0 Å². The predicted molar refractivity (Wildman–Crippen MR) is 88.5 cm³/mol. The Kier molecular flexibility index (Phi) is 4.50. The number of aryl methyl sites for hydroxylation is 2.